The largest absolute Gasteiger partial charge is 1.00 e. The van der Waals surface area contributed by atoms with Gasteiger partial charge in [0.25, 0.3) is 0 Å². The predicted molar refractivity (Wildman–Crippen MR) is 52.2 cm³/mol. The lowest BCUT2D eigenvalue weighted by Crippen LogP contribution is -3.00. The molecule has 13 heavy (non-hydrogen) atoms. The van der Waals surface area contributed by atoms with Crippen molar-refractivity contribution in [3.8, 4) is 0 Å². The number of halogens is 3. The average molecular weight is 330 g/mol. The first-order valence-electron chi connectivity index (χ1n) is 3.63. The van der Waals surface area contributed by atoms with Crippen LogP contribution in [0.4, 0.5) is 0 Å². The Bertz CT molecular complexity index is 299. The summed E-state index contributed by atoms with van der Waals surface area (Å²) >= 11 is 11.3. The molecule has 0 aliphatic rings. The number of aryl methyl sites for hydroxylation is 1. The Labute approximate surface area is 105 Å². The Morgan fingerprint density at radius 1 is 1.54 bits per heavy atom. The van der Waals surface area contributed by atoms with E-state index < -0.39 is 0 Å². The van der Waals surface area contributed by atoms with E-state index in [0.29, 0.717) is 10.9 Å². The van der Waals surface area contributed by atoms with E-state index in [-0.39, 0.29) is 24.0 Å². The van der Waals surface area contributed by atoms with E-state index in [1.165, 1.54) is 0 Å². The van der Waals surface area contributed by atoms with E-state index in [4.69, 9.17) is 23.2 Å². The number of hydrogen-bond acceptors (Lipinski definition) is 0. The molecule has 1 heterocycles. The number of alkyl halides is 1. The van der Waals surface area contributed by atoms with Crippen molar-refractivity contribution in [1.82, 2.24) is 0 Å². The molecule has 0 unspecified atom stereocenters. The Hall–Kier alpha value is 0.200. The summed E-state index contributed by atoms with van der Waals surface area (Å²) in [6.07, 6.45) is 3.74. The molecular weight excluding hydrogens is 320 g/mol. The van der Waals surface area contributed by atoms with Crippen LogP contribution in [0.25, 0.3) is 6.20 Å². The summed E-state index contributed by atoms with van der Waals surface area (Å²) in [7, 11) is 0. The summed E-state index contributed by atoms with van der Waals surface area (Å²) in [6, 6.07) is 5.94. The monoisotopic (exact) mass is 329 g/mol. The van der Waals surface area contributed by atoms with Crippen LogP contribution in [0.2, 0.25) is 0 Å². The van der Waals surface area contributed by atoms with E-state index in [1.807, 2.05) is 42.1 Å². The third-order valence-electron chi connectivity index (χ3n) is 1.51. The molecule has 0 saturated carbocycles. The average Bonchev–Trinajstić information content (AvgIpc) is 2.09. The molecule has 0 fully saturated rings. The topological polar surface area (TPSA) is 3.88 Å². The molecule has 0 aliphatic carbocycles. The summed E-state index contributed by atoms with van der Waals surface area (Å²) in [5, 5.41) is 0.635. The highest BCUT2D eigenvalue weighted by Gasteiger charge is 2.01. The summed E-state index contributed by atoms with van der Waals surface area (Å²) in [4.78, 5) is 0. The van der Waals surface area contributed by atoms with Gasteiger partial charge in [-0.05, 0) is 0 Å². The minimum absolute atomic E-state index is 0. The summed E-state index contributed by atoms with van der Waals surface area (Å²) < 4.78 is 1.94. The number of aromatic nitrogens is 1. The molecule has 0 radical (unpaired) electrons. The minimum Gasteiger partial charge on any atom is -1.00 e. The molecule has 0 bridgehead atoms. The van der Waals surface area contributed by atoms with Crippen molar-refractivity contribution < 1.29 is 28.5 Å². The van der Waals surface area contributed by atoms with Crippen LogP contribution in [-0.2, 0) is 0 Å². The quantitative estimate of drug-likeness (QED) is 0.393. The van der Waals surface area contributed by atoms with Gasteiger partial charge in [0.2, 0.25) is 0 Å². The second-order valence-electron chi connectivity index (χ2n) is 2.46. The van der Waals surface area contributed by atoms with Crippen LogP contribution in [0, 0.1) is 6.92 Å². The Balaban J connectivity index is 0.00000144. The van der Waals surface area contributed by atoms with Crippen LogP contribution in [0.3, 0.4) is 0 Å². The number of pyridine rings is 1. The van der Waals surface area contributed by atoms with Crippen molar-refractivity contribution in [3.63, 3.8) is 0 Å². The maximum Gasteiger partial charge on any atom is 0.190 e. The maximum atomic E-state index is 5.78. The SMILES string of the molecule is Cc1cccc[n+]1C=C(Cl)CCl.[I-]. The van der Waals surface area contributed by atoms with Gasteiger partial charge in [-0.2, -0.15) is 4.57 Å². The van der Waals surface area contributed by atoms with Gasteiger partial charge in [0.1, 0.15) is 0 Å². The van der Waals surface area contributed by atoms with Gasteiger partial charge in [-0.25, -0.2) is 0 Å². The van der Waals surface area contributed by atoms with E-state index >= 15 is 0 Å². The Morgan fingerprint density at radius 2 is 2.23 bits per heavy atom. The smallest absolute Gasteiger partial charge is 0.190 e. The minimum atomic E-state index is 0. The number of nitrogens with zero attached hydrogens (tertiary/aromatic N) is 1. The van der Waals surface area contributed by atoms with Crippen LogP contribution >= 0.6 is 23.2 Å². The highest BCUT2D eigenvalue weighted by Crippen LogP contribution is 2.02. The van der Waals surface area contributed by atoms with E-state index in [1.54, 1.807) is 0 Å². The molecule has 0 aromatic carbocycles. The molecule has 0 aliphatic heterocycles. The van der Waals surface area contributed by atoms with Crippen LogP contribution in [0.1, 0.15) is 5.69 Å². The fourth-order valence-electron chi connectivity index (χ4n) is 0.871. The highest BCUT2D eigenvalue weighted by atomic mass is 127. The van der Waals surface area contributed by atoms with Gasteiger partial charge < -0.3 is 24.0 Å². The molecule has 0 atom stereocenters. The maximum absolute atomic E-state index is 5.78. The van der Waals surface area contributed by atoms with E-state index in [0.717, 1.165) is 5.69 Å². The predicted octanol–water partition coefficient (Wildman–Crippen LogP) is -0.437. The van der Waals surface area contributed by atoms with Gasteiger partial charge in [0.15, 0.2) is 18.1 Å². The normalized spacial score (nSPS) is 10.8. The molecule has 72 valence electrons. The van der Waals surface area contributed by atoms with Crippen LogP contribution in [-0.4, -0.2) is 5.88 Å². The zero-order valence-corrected chi connectivity index (χ0v) is 10.8. The fraction of sp³-hybridized carbons (Fsp3) is 0.222. The van der Waals surface area contributed by atoms with Gasteiger partial charge in [-0.15, -0.1) is 11.6 Å². The molecule has 1 rings (SSSR count). The van der Waals surface area contributed by atoms with Gasteiger partial charge in [-0.3, -0.25) is 0 Å². The lowest BCUT2D eigenvalue weighted by atomic mass is 10.4. The number of hydrogen-bond donors (Lipinski definition) is 0. The zero-order chi connectivity index (χ0) is 8.97. The number of rotatable bonds is 2. The van der Waals surface area contributed by atoms with Gasteiger partial charge >= 0.3 is 0 Å². The Morgan fingerprint density at radius 3 is 2.77 bits per heavy atom. The zero-order valence-electron chi connectivity index (χ0n) is 7.17. The van der Waals surface area contributed by atoms with Crippen LogP contribution < -0.4 is 28.5 Å². The third-order valence-corrected chi connectivity index (χ3v) is 2.17. The van der Waals surface area contributed by atoms with Crippen LogP contribution in [0.5, 0.6) is 0 Å². The molecule has 1 nitrogen and oxygen atoms in total. The molecule has 4 heteroatoms. The summed E-state index contributed by atoms with van der Waals surface area (Å²) in [5.41, 5.74) is 1.13. The molecule has 0 N–H and O–H groups in total. The lowest BCUT2D eigenvalue weighted by molar-refractivity contribution is -0.575. The molecular formula is C9H10Cl2IN. The van der Waals surface area contributed by atoms with Gasteiger partial charge in [0, 0.05) is 19.1 Å². The number of allylic oxidation sites excluding steroid dienone is 1. The van der Waals surface area contributed by atoms with Crippen molar-refractivity contribution >= 4 is 29.4 Å². The van der Waals surface area contributed by atoms with Crippen molar-refractivity contribution in [2.75, 3.05) is 5.88 Å². The van der Waals surface area contributed by atoms with Crippen LogP contribution in [0.15, 0.2) is 29.4 Å². The Kier molecular flexibility index (Phi) is 6.73. The standard InChI is InChI=1S/C9H10Cl2N.HI/c1-8-4-2-3-5-12(8)7-9(11)6-10;/h2-5,7H,6H2,1H3;1H/q+1;/p-1. The summed E-state index contributed by atoms with van der Waals surface area (Å²) in [6.45, 7) is 2.01. The molecule has 0 amide bonds. The van der Waals surface area contributed by atoms with Crippen molar-refractivity contribution in [2.24, 2.45) is 0 Å². The lowest BCUT2D eigenvalue weighted by Gasteiger charge is -1.92. The molecule has 1 aromatic rings. The van der Waals surface area contributed by atoms with E-state index in [2.05, 4.69) is 0 Å². The van der Waals surface area contributed by atoms with Gasteiger partial charge in [-0.1, -0.05) is 17.7 Å². The third kappa shape index (κ3) is 4.29. The summed E-state index contributed by atoms with van der Waals surface area (Å²) in [5.74, 6) is 0.350. The second kappa shape index (κ2) is 6.62. The molecule has 1 aromatic heterocycles. The first kappa shape index (κ1) is 13.2. The van der Waals surface area contributed by atoms with Crippen molar-refractivity contribution in [3.05, 3.63) is 35.1 Å². The second-order valence-corrected chi connectivity index (χ2v) is 3.21. The highest BCUT2D eigenvalue weighted by molar-refractivity contribution is 6.36. The van der Waals surface area contributed by atoms with Crippen molar-refractivity contribution in [1.29, 1.82) is 0 Å². The molecule has 0 spiro atoms. The van der Waals surface area contributed by atoms with Crippen molar-refractivity contribution in [2.45, 2.75) is 6.92 Å². The van der Waals surface area contributed by atoms with E-state index in [9.17, 15) is 0 Å². The fourth-order valence-corrected chi connectivity index (χ4v) is 1.05. The first-order valence-corrected chi connectivity index (χ1v) is 4.54. The van der Waals surface area contributed by atoms with Gasteiger partial charge in [0.05, 0.1) is 10.9 Å². The molecule has 0 saturated heterocycles. The first-order chi connectivity index (χ1) is 5.74.